The van der Waals surface area contributed by atoms with Gasteiger partial charge in [0.25, 0.3) is 5.91 Å². The van der Waals surface area contributed by atoms with E-state index in [1.165, 1.54) is 12.1 Å². The van der Waals surface area contributed by atoms with E-state index in [1.807, 2.05) is 0 Å². The van der Waals surface area contributed by atoms with Gasteiger partial charge in [-0.1, -0.05) is 18.5 Å². The fourth-order valence-electron chi connectivity index (χ4n) is 1.93. The summed E-state index contributed by atoms with van der Waals surface area (Å²) in [4.78, 5) is 13.8. The smallest absolute Gasteiger partial charge is 0.254 e. The number of phenolic OH excluding ortho intramolecular Hbond substituents is 1. The maximum Gasteiger partial charge on any atom is 0.254 e. The number of carbonyl (C=O) groups excluding carboxylic acids is 1. The van der Waals surface area contributed by atoms with Crippen molar-refractivity contribution in [1.29, 1.82) is 0 Å². The number of halogens is 1. The summed E-state index contributed by atoms with van der Waals surface area (Å²) in [5, 5.41) is 9.63. The minimum absolute atomic E-state index is 0.00231. The Morgan fingerprint density at radius 1 is 1.50 bits per heavy atom. The molecule has 0 saturated carbocycles. The third-order valence-electron chi connectivity index (χ3n) is 2.88. The van der Waals surface area contributed by atoms with Crippen LogP contribution in [0.4, 0.5) is 0 Å². The van der Waals surface area contributed by atoms with Gasteiger partial charge in [-0.3, -0.25) is 4.79 Å². The molecule has 1 aliphatic rings. The van der Waals surface area contributed by atoms with E-state index in [0.717, 1.165) is 18.7 Å². The first-order valence-electron chi connectivity index (χ1n) is 5.27. The fourth-order valence-corrected chi connectivity index (χ4v) is 2.10. The zero-order chi connectivity index (χ0) is 11.9. The van der Waals surface area contributed by atoms with Crippen LogP contribution in [-0.4, -0.2) is 29.0 Å². The minimum atomic E-state index is -0.00231. The van der Waals surface area contributed by atoms with Gasteiger partial charge in [-0.05, 0) is 30.5 Å². The van der Waals surface area contributed by atoms with Crippen molar-refractivity contribution in [2.24, 2.45) is 5.92 Å². The molecule has 1 aromatic carbocycles. The molecule has 1 N–H and O–H groups in total. The van der Waals surface area contributed by atoms with Crippen LogP contribution in [0.2, 0.25) is 5.02 Å². The van der Waals surface area contributed by atoms with Gasteiger partial charge < -0.3 is 10.0 Å². The van der Waals surface area contributed by atoms with E-state index in [1.54, 1.807) is 11.8 Å². The van der Waals surface area contributed by atoms with Crippen molar-refractivity contribution >= 4 is 17.5 Å². The van der Waals surface area contributed by atoms with Gasteiger partial charge in [0.15, 0.2) is 0 Å². The van der Waals surface area contributed by atoms with Crippen LogP contribution in [0.1, 0.15) is 22.8 Å². The predicted molar refractivity (Wildman–Crippen MR) is 62.9 cm³/mol. The van der Waals surface area contributed by atoms with Crippen LogP contribution < -0.4 is 0 Å². The molecule has 86 valence electrons. The lowest BCUT2D eigenvalue weighted by atomic mass is 9.99. The number of rotatable bonds is 1. The van der Waals surface area contributed by atoms with Crippen LogP contribution in [0.3, 0.4) is 0 Å². The van der Waals surface area contributed by atoms with Crippen LogP contribution in [-0.2, 0) is 0 Å². The molecule has 1 heterocycles. The monoisotopic (exact) mass is 239 g/mol. The van der Waals surface area contributed by atoms with Crippen molar-refractivity contribution in [3.05, 3.63) is 28.3 Å². The van der Waals surface area contributed by atoms with Gasteiger partial charge in [0.1, 0.15) is 5.75 Å². The maximum absolute atomic E-state index is 12.0. The summed E-state index contributed by atoms with van der Waals surface area (Å²) in [6, 6.07) is 3.07. The lowest BCUT2D eigenvalue weighted by molar-refractivity contribution is 0.0529. The standard InChI is InChI=1S/C12H14ClNO2/c1-7-5-14(6-7)12(16)9-4-10(13)11(15)3-8(9)2/h3-4,7,15H,5-6H2,1-2H3. The Kier molecular flexibility index (Phi) is 2.80. The second-order valence-electron chi connectivity index (χ2n) is 4.43. The Labute approximate surface area is 99.6 Å². The second kappa shape index (κ2) is 3.98. The molecular formula is C12H14ClNO2. The number of hydrogen-bond acceptors (Lipinski definition) is 2. The summed E-state index contributed by atoms with van der Waals surface area (Å²) in [6.45, 7) is 5.51. The van der Waals surface area contributed by atoms with E-state index in [4.69, 9.17) is 11.6 Å². The van der Waals surface area contributed by atoms with Crippen LogP contribution in [0, 0.1) is 12.8 Å². The highest BCUT2D eigenvalue weighted by Gasteiger charge is 2.28. The normalized spacial score (nSPS) is 16.1. The number of aromatic hydroxyl groups is 1. The maximum atomic E-state index is 12.0. The summed E-state index contributed by atoms with van der Waals surface area (Å²) < 4.78 is 0. The Bertz CT molecular complexity index is 439. The SMILES string of the molecule is Cc1cc(O)c(Cl)cc1C(=O)N1CC(C)C1. The van der Waals surface area contributed by atoms with Crippen LogP contribution in [0.15, 0.2) is 12.1 Å². The summed E-state index contributed by atoms with van der Waals surface area (Å²) in [5.41, 5.74) is 1.33. The number of carbonyl (C=O) groups is 1. The first-order valence-corrected chi connectivity index (χ1v) is 5.65. The molecule has 1 saturated heterocycles. The molecule has 0 aromatic heterocycles. The average molecular weight is 240 g/mol. The molecule has 0 atom stereocenters. The van der Waals surface area contributed by atoms with E-state index >= 15 is 0 Å². The van der Waals surface area contributed by atoms with Crippen molar-refractivity contribution in [2.45, 2.75) is 13.8 Å². The van der Waals surface area contributed by atoms with Gasteiger partial charge in [0.2, 0.25) is 0 Å². The molecule has 1 amide bonds. The zero-order valence-electron chi connectivity index (χ0n) is 9.33. The number of nitrogens with zero attached hydrogens (tertiary/aromatic N) is 1. The molecule has 0 bridgehead atoms. The molecule has 1 aliphatic heterocycles. The molecule has 4 heteroatoms. The van der Waals surface area contributed by atoms with Crippen LogP contribution in [0.5, 0.6) is 5.75 Å². The minimum Gasteiger partial charge on any atom is -0.506 e. The van der Waals surface area contributed by atoms with Gasteiger partial charge >= 0.3 is 0 Å². The van der Waals surface area contributed by atoms with Crippen molar-refractivity contribution in [3.63, 3.8) is 0 Å². The molecular weight excluding hydrogens is 226 g/mol. The largest absolute Gasteiger partial charge is 0.506 e. The first kappa shape index (κ1) is 11.3. The fraction of sp³-hybridized carbons (Fsp3) is 0.417. The Balaban J connectivity index is 2.27. The van der Waals surface area contributed by atoms with Gasteiger partial charge in [0, 0.05) is 18.7 Å². The predicted octanol–water partition coefficient (Wildman–Crippen LogP) is 2.45. The number of aryl methyl sites for hydroxylation is 1. The Morgan fingerprint density at radius 3 is 2.69 bits per heavy atom. The molecule has 0 unspecified atom stereocenters. The van der Waals surface area contributed by atoms with Crippen LogP contribution >= 0.6 is 11.6 Å². The highest BCUT2D eigenvalue weighted by atomic mass is 35.5. The molecule has 1 fully saturated rings. The third-order valence-corrected chi connectivity index (χ3v) is 3.18. The first-order chi connectivity index (χ1) is 7.49. The molecule has 3 nitrogen and oxygen atoms in total. The molecule has 0 radical (unpaired) electrons. The van der Waals surface area contributed by atoms with Gasteiger partial charge in [-0.15, -0.1) is 0 Å². The van der Waals surface area contributed by atoms with E-state index < -0.39 is 0 Å². The zero-order valence-corrected chi connectivity index (χ0v) is 10.1. The number of phenols is 1. The van der Waals surface area contributed by atoms with Crippen molar-refractivity contribution in [2.75, 3.05) is 13.1 Å². The van der Waals surface area contributed by atoms with Gasteiger partial charge in [0.05, 0.1) is 5.02 Å². The topological polar surface area (TPSA) is 40.5 Å². The summed E-state index contributed by atoms with van der Waals surface area (Å²) in [6.07, 6.45) is 0. The summed E-state index contributed by atoms with van der Waals surface area (Å²) in [5.74, 6) is 0.599. The molecule has 0 aliphatic carbocycles. The van der Waals surface area contributed by atoms with E-state index in [0.29, 0.717) is 11.5 Å². The lowest BCUT2D eigenvalue weighted by Gasteiger charge is -2.37. The quantitative estimate of drug-likeness (QED) is 0.818. The second-order valence-corrected chi connectivity index (χ2v) is 4.84. The number of benzene rings is 1. The van der Waals surface area contributed by atoms with Crippen molar-refractivity contribution in [3.8, 4) is 5.75 Å². The highest BCUT2D eigenvalue weighted by molar-refractivity contribution is 6.32. The highest BCUT2D eigenvalue weighted by Crippen LogP contribution is 2.28. The number of hydrogen-bond donors (Lipinski definition) is 1. The Morgan fingerprint density at radius 2 is 2.12 bits per heavy atom. The average Bonchev–Trinajstić information content (AvgIpc) is 2.18. The molecule has 0 spiro atoms. The summed E-state index contributed by atoms with van der Waals surface area (Å²) >= 11 is 5.80. The van der Waals surface area contributed by atoms with Crippen molar-refractivity contribution < 1.29 is 9.90 Å². The molecule has 2 rings (SSSR count). The number of likely N-dealkylation sites (tertiary alicyclic amines) is 1. The number of amides is 1. The van der Waals surface area contributed by atoms with E-state index in [-0.39, 0.29) is 16.7 Å². The van der Waals surface area contributed by atoms with Crippen molar-refractivity contribution in [1.82, 2.24) is 4.90 Å². The molecule has 16 heavy (non-hydrogen) atoms. The van der Waals surface area contributed by atoms with E-state index in [9.17, 15) is 9.90 Å². The molecule has 1 aromatic rings. The van der Waals surface area contributed by atoms with Crippen LogP contribution in [0.25, 0.3) is 0 Å². The van der Waals surface area contributed by atoms with Gasteiger partial charge in [-0.25, -0.2) is 0 Å². The Hall–Kier alpha value is -1.22. The van der Waals surface area contributed by atoms with E-state index in [2.05, 4.69) is 6.92 Å². The summed E-state index contributed by atoms with van der Waals surface area (Å²) in [7, 11) is 0. The van der Waals surface area contributed by atoms with Gasteiger partial charge in [-0.2, -0.15) is 0 Å². The third kappa shape index (κ3) is 1.87. The lowest BCUT2D eigenvalue weighted by Crippen LogP contribution is -2.48.